The summed E-state index contributed by atoms with van der Waals surface area (Å²) in [5, 5.41) is 19.3. The Bertz CT molecular complexity index is 790. The van der Waals surface area contributed by atoms with Crippen LogP contribution in [-0.2, 0) is 10.3 Å². The van der Waals surface area contributed by atoms with Crippen LogP contribution in [0.25, 0.3) is 0 Å². The summed E-state index contributed by atoms with van der Waals surface area (Å²) in [6.45, 7) is 5.17. The van der Waals surface area contributed by atoms with E-state index < -0.39 is 5.60 Å². The first kappa shape index (κ1) is 18.1. The van der Waals surface area contributed by atoms with Gasteiger partial charge in [0, 0.05) is 33.1 Å². The van der Waals surface area contributed by atoms with E-state index in [0.717, 1.165) is 18.7 Å². The van der Waals surface area contributed by atoms with Gasteiger partial charge in [-0.15, -0.1) is 10.2 Å². The van der Waals surface area contributed by atoms with Crippen LogP contribution in [0.3, 0.4) is 0 Å². The van der Waals surface area contributed by atoms with E-state index in [1.165, 1.54) is 0 Å². The molecule has 0 bridgehead atoms. The Hall–Kier alpha value is -2.29. The lowest BCUT2D eigenvalue weighted by molar-refractivity contribution is -0.113. The molecular formula is C19H24N4O4. The molecule has 1 aromatic carbocycles. The van der Waals surface area contributed by atoms with Gasteiger partial charge in [-0.1, -0.05) is 30.3 Å². The maximum Gasteiger partial charge on any atom is 0.311 e. The number of piperidine rings is 1. The Morgan fingerprint density at radius 3 is 2.59 bits per heavy atom. The summed E-state index contributed by atoms with van der Waals surface area (Å²) in [4.78, 5) is 16.7. The van der Waals surface area contributed by atoms with E-state index in [1.54, 1.807) is 11.8 Å². The highest BCUT2D eigenvalue weighted by molar-refractivity contribution is 5.89. The molecule has 8 nitrogen and oxygen atoms in total. The van der Waals surface area contributed by atoms with Gasteiger partial charge >= 0.3 is 11.8 Å². The summed E-state index contributed by atoms with van der Waals surface area (Å²) < 4.78 is 10.8. The molecule has 1 amide bonds. The van der Waals surface area contributed by atoms with Crippen molar-refractivity contribution in [2.45, 2.75) is 25.0 Å². The van der Waals surface area contributed by atoms with Crippen LogP contribution < -0.4 is 0 Å². The van der Waals surface area contributed by atoms with Crippen molar-refractivity contribution < 1.29 is 19.1 Å². The van der Waals surface area contributed by atoms with Crippen molar-refractivity contribution in [2.75, 3.05) is 39.4 Å². The number of hydrogen-bond acceptors (Lipinski definition) is 7. The molecule has 1 aromatic heterocycles. The second-order valence-corrected chi connectivity index (χ2v) is 7.08. The average molecular weight is 372 g/mol. The van der Waals surface area contributed by atoms with Gasteiger partial charge in [0.1, 0.15) is 5.60 Å². The fourth-order valence-corrected chi connectivity index (χ4v) is 4.00. The molecule has 1 N–H and O–H groups in total. The van der Waals surface area contributed by atoms with Gasteiger partial charge in [-0.2, -0.15) is 0 Å². The molecule has 2 saturated heterocycles. The van der Waals surface area contributed by atoms with E-state index in [2.05, 4.69) is 15.1 Å². The SMILES string of the molecule is Cc1nnc(C(=O)N2CC[C@](O)(c3ccccc3)[C@H](N3CCOCC3)C2)o1. The quantitative estimate of drug-likeness (QED) is 0.852. The molecule has 4 rings (SSSR count). The van der Waals surface area contributed by atoms with Gasteiger partial charge in [0.2, 0.25) is 5.89 Å². The standard InChI is InChI=1S/C19H24N4O4/c1-14-20-21-17(27-14)18(24)23-8-7-19(25,15-5-3-2-4-6-15)16(13-23)22-9-11-26-12-10-22/h2-6,16,25H,7-13H2,1H3/t16-,19+/m1/s1. The minimum atomic E-state index is -1.03. The number of aliphatic hydroxyl groups is 1. The highest BCUT2D eigenvalue weighted by Gasteiger charge is 2.47. The Kier molecular flexibility index (Phi) is 4.94. The normalized spacial score (nSPS) is 26.9. The van der Waals surface area contributed by atoms with Crippen LogP contribution in [-0.4, -0.2) is 76.4 Å². The number of likely N-dealkylation sites (tertiary alicyclic amines) is 1. The van der Waals surface area contributed by atoms with Gasteiger partial charge in [-0.05, 0) is 12.0 Å². The van der Waals surface area contributed by atoms with Crippen molar-refractivity contribution in [3.05, 3.63) is 47.7 Å². The van der Waals surface area contributed by atoms with Gasteiger partial charge in [-0.25, -0.2) is 0 Å². The number of aryl methyl sites for hydroxylation is 1. The Morgan fingerprint density at radius 2 is 1.93 bits per heavy atom. The van der Waals surface area contributed by atoms with Crippen molar-refractivity contribution >= 4 is 5.91 Å². The number of carbonyl (C=O) groups excluding carboxylic acids is 1. The zero-order chi connectivity index (χ0) is 18.9. The summed E-state index contributed by atoms with van der Waals surface area (Å²) in [6.07, 6.45) is 0.442. The first-order valence-corrected chi connectivity index (χ1v) is 9.27. The third kappa shape index (κ3) is 3.47. The smallest absolute Gasteiger partial charge is 0.311 e. The lowest BCUT2D eigenvalue weighted by atomic mass is 9.79. The third-order valence-electron chi connectivity index (χ3n) is 5.46. The summed E-state index contributed by atoms with van der Waals surface area (Å²) in [5.41, 5.74) is -0.151. The molecule has 2 aromatic rings. The van der Waals surface area contributed by atoms with Crippen molar-refractivity contribution in [1.82, 2.24) is 20.0 Å². The number of amides is 1. The predicted molar refractivity (Wildman–Crippen MR) is 96.1 cm³/mol. The fraction of sp³-hybridized carbons (Fsp3) is 0.526. The van der Waals surface area contributed by atoms with Gasteiger partial charge in [-0.3, -0.25) is 9.69 Å². The maximum absolute atomic E-state index is 12.8. The number of nitrogens with zero attached hydrogens (tertiary/aromatic N) is 4. The van der Waals surface area contributed by atoms with Crippen molar-refractivity contribution in [3.63, 3.8) is 0 Å². The van der Waals surface area contributed by atoms with E-state index in [4.69, 9.17) is 9.15 Å². The van der Waals surface area contributed by atoms with Crippen molar-refractivity contribution in [1.29, 1.82) is 0 Å². The molecule has 0 unspecified atom stereocenters. The van der Waals surface area contributed by atoms with Gasteiger partial charge in [0.05, 0.1) is 19.3 Å². The monoisotopic (exact) mass is 372 g/mol. The molecule has 0 radical (unpaired) electrons. The number of rotatable bonds is 3. The molecule has 8 heteroatoms. The van der Waals surface area contributed by atoms with E-state index >= 15 is 0 Å². The summed E-state index contributed by atoms with van der Waals surface area (Å²) in [7, 11) is 0. The molecule has 2 aliphatic heterocycles. The molecule has 144 valence electrons. The van der Waals surface area contributed by atoms with Crippen LogP contribution in [0.4, 0.5) is 0 Å². The molecule has 2 atom stereocenters. The second-order valence-electron chi connectivity index (χ2n) is 7.08. The second kappa shape index (κ2) is 7.38. The minimum Gasteiger partial charge on any atom is -0.417 e. The van der Waals surface area contributed by atoms with Gasteiger partial charge in [0.25, 0.3) is 0 Å². The molecule has 2 aliphatic rings. The van der Waals surface area contributed by atoms with Crippen molar-refractivity contribution in [3.8, 4) is 0 Å². The van der Waals surface area contributed by atoms with Crippen LogP contribution in [0.15, 0.2) is 34.7 Å². The first-order chi connectivity index (χ1) is 13.1. The largest absolute Gasteiger partial charge is 0.417 e. The van der Waals surface area contributed by atoms with E-state index in [1.807, 2.05) is 30.3 Å². The van der Waals surface area contributed by atoms with E-state index in [9.17, 15) is 9.90 Å². The molecule has 3 heterocycles. The number of benzene rings is 1. The molecule has 0 saturated carbocycles. The lowest BCUT2D eigenvalue weighted by Crippen LogP contribution is -2.63. The molecule has 0 aliphatic carbocycles. The third-order valence-corrected chi connectivity index (χ3v) is 5.46. The van der Waals surface area contributed by atoms with E-state index in [-0.39, 0.29) is 17.8 Å². The first-order valence-electron chi connectivity index (χ1n) is 9.27. The number of morpholine rings is 1. The summed E-state index contributed by atoms with van der Waals surface area (Å²) in [5.74, 6) is 0.0724. The zero-order valence-corrected chi connectivity index (χ0v) is 15.4. The van der Waals surface area contributed by atoms with Crippen LogP contribution in [0, 0.1) is 6.92 Å². The number of hydrogen-bond donors (Lipinski definition) is 1. The lowest BCUT2D eigenvalue weighted by Gasteiger charge is -2.50. The predicted octanol–water partition coefficient (Wildman–Crippen LogP) is 0.813. The molecule has 27 heavy (non-hydrogen) atoms. The molecular weight excluding hydrogens is 348 g/mol. The highest BCUT2D eigenvalue weighted by Crippen LogP contribution is 2.36. The van der Waals surface area contributed by atoms with E-state index in [0.29, 0.717) is 38.6 Å². The minimum absolute atomic E-state index is 0.00150. The topological polar surface area (TPSA) is 91.9 Å². The Balaban J connectivity index is 1.62. The summed E-state index contributed by atoms with van der Waals surface area (Å²) >= 11 is 0. The van der Waals surface area contributed by atoms with Crippen LogP contribution in [0.5, 0.6) is 0 Å². The number of carbonyl (C=O) groups is 1. The van der Waals surface area contributed by atoms with Crippen LogP contribution >= 0.6 is 0 Å². The Morgan fingerprint density at radius 1 is 1.19 bits per heavy atom. The maximum atomic E-state index is 12.8. The average Bonchev–Trinajstić information content (AvgIpc) is 3.15. The summed E-state index contributed by atoms with van der Waals surface area (Å²) in [6, 6.07) is 9.47. The van der Waals surface area contributed by atoms with Crippen LogP contribution in [0.1, 0.15) is 28.6 Å². The van der Waals surface area contributed by atoms with Gasteiger partial charge in [0.15, 0.2) is 0 Å². The molecule has 0 spiro atoms. The van der Waals surface area contributed by atoms with Gasteiger partial charge < -0.3 is 19.2 Å². The molecule has 2 fully saturated rings. The van der Waals surface area contributed by atoms with Crippen molar-refractivity contribution in [2.24, 2.45) is 0 Å². The zero-order valence-electron chi connectivity index (χ0n) is 15.4. The number of ether oxygens (including phenoxy) is 1. The highest BCUT2D eigenvalue weighted by atomic mass is 16.5. The fourth-order valence-electron chi connectivity index (χ4n) is 4.00. The number of aromatic nitrogens is 2. The van der Waals surface area contributed by atoms with Crippen LogP contribution in [0.2, 0.25) is 0 Å². The Labute approximate surface area is 157 Å².